The molecule has 1 saturated carbocycles. The van der Waals surface area contributed by atoms with Crippen LogP contribution in [0.1, 0.15) is 82.4 Å². The summed E-state index contributed by atoms with van der Waals surface area (Å²) in [5.41, 5.74) is 3.31. The van der Waals surface area contributed by atoms with Crippen LogP contribution in [-0.2, 0) is 16.2 Å². The van der Waals surface area contributed by atoms with Gasteiger partial charge in [-0.2, -0.15) is 0 Å². The van der Waals surface area contributed by atoms with Gasteiger partial charge in [-0.15, -0.1) is 0 Å². The Labute approximate surface area is 241 Å². The van der Waals surface area contributed by atoms with E-state index < -0.39 is 23.9 Å². The van der Waals surface area contributed by atoms with E-state index in [0.717, 1.165) is 54.5 Å². The van der Waals surface area contributed by atoms with Gasteiger partial charge in [0, 0.05) is 18.2 Å². The van der Waals surface area contributed by atoms with Crippen molar-refractivity contribution < 1.29 is 29.3 Å². The lowest BCUT2D eigenvalue weighted by Gasteiger charge is -2.38. The maximum absolute atomic E-state index is 13.8. The van der Waals surface area contributed by atoms with Crippen molar-refractivity contribution in [2.24, 2.45) is 23.7 Å². The number of likely N-dealkylation sites (tertiary alicyclic amines) is 1. The van der Waals surface area contributed by atoms with Gasteiger partial charge in [-0.05, 0) is 79.5 Å². The summed E-state index contributed by atoms with van der Waals surface area (Å²) < 4.78 is 5.69. The lowest BCUT2D eigenvalue weighted by molar-refractivity contribution is -0.143. The maximum Gasteiger partial charge on any atom is 0.234 e. The lowest BCUT2D eigenvalue weighted by atomic mass is 9.66. The number of allylic oxidation sites excluding steroid dienone is 2. The Morgan fingerprint density at radius 1 is 1.10 bits per heavy atom. The van der Waals surface area contributed by atoms with Crippen LogP contribution < -0.4 is 0 Å². The van der Waals surface area contributed by atoms with Crippen LogP contribution in [0.25, 0.3) is 11.6 Å². The van der Waals surface area contributed by atoms with Crippen LogP contribution in [0.5, 0.6) is 0 Å². The number of rotatable bonds is 10. The molecule has 0 bridgehead atoms. The van der Waals surface area contributed by atoms with Crippen molar-refractivity contribution >= 4 is 23.5 Å². The van der Waals surface area contributed by atoms with Gasteiger partial charge in [0.25, 0.3) is 0 Å². The molecule has 220 valence electrons. The van der Waals surface area contributed by atoms with Crippen molar-refractivity contribution in [1.82, 2.24) is 9.88 Å². The number of pyridine rings is 1. The summed E-state index contributed by atoms with van der Waals surface area (Å²) in [6, 6.07) is 9.09. The third kappa shape index (κ3) is 5.96. The normalized spacial score (nSPS) is 24.9. The van der Waals surface area contributed by atoms with Gasteiger partial charge in [-0.3, -0.25) is 19.5 Å². The first-order valence-electron chi connectivity index (χ1n) is 15.0. The van der Waals surface area contributed by atoms with Gasteiger partial charge in [0.15, 0.2) is 0 Å². The van der Waals surface area contributed by atoms with Crippen LogP contribution in [0.4, 0.5) is 0 Å². The molecule has 2 amide bonds. The minimum atomic E-state index is -0.895. The standard InChI is InChI=1S/C33H42N2O6/c1-20(2)25-17-26-31(33(40)35(32(26)39)22-8-4-3-5-9-22)27(19-37)30(25)29(38)14-11-21(28-10-6-7-15-34-28)16-23-12-13-24(18-36)41-23/h6-7,10,12-13,15-16,20,22,26-27,29,31,36-38H,3-5,8-9,11,14,17-19H2,1-2H3/b21-16-/t26-,27+,29-,31-/m1/s1. The molecule has 3 N–H and O–H groups in total. The summed E-state index contributed by atoms with van der Waals surface area (Å²) in [5.74, 6) is -0.867. The fourth-order valence-corrected chi connectivity index (χ4v) is 7.17. The Morgan fingerprint density at radius 3 is 2.51 bits per heavy atom. The van der Waals surface area contributed by atoms with E-state index in [1.54, 1.807) is 18.3 Å². The van der Waals surface area contributed by atoms with Crippen molar-refractivity contribution in [3.8, 4) is 0 Å². The van der Waals surface area contributed by atoms with Crippen LogP contribution in [0.2, 0.25) is 0 Å². The largest absolute Gasteiger partial charge is 0.459 e. The molecule has 2 fully saturated rings. The second kappa shape index (κ2) is 12.8. The van der Waals surface area contributed by atoms with E-state index >= 15 is 0 Å². The molecule has 2 aromatic heterocycles. The number of hydrogen-bond acceptors (Lipinski definition) is 7. The average molecular weight is 563 g/mol. The third-order valence-corrected chi connectivity index (χ3v) is 9.18. The molecule has 1 saturated heterocycles. The molecule has 0 radical (unpaired) electrons. The van der Waals surface area contributed by atoms with Gasteiger partial charge >= 0.3 is 0 Å². The number of aliphatic hydroxyl groups excluding tert-OH is 3. The lowest BCUT2D eigenvalue weighted by Crippen LogP contribution is -2.42. The summed E-state index contributed by atoms with van der Waals surface area (Å²) in [7, 11) is 0. The van der Waals surface area contributed by atoms with E-state index in [-0.39, 0.29) is 37.0 Å². The van der Waals surface area contributed by atoms with Crippen molar-refractivity contribution in [1.29, 1.82) is 0 Å². The van der Waals surface area contributed by atoms with Gasteiger partial charge < -0.3 is 19.7 Å². The zero-order chi connectivity index (χ0) is 29.1. The summed E-state index contributed by atoms with van der Waals surface area (Å²) in [5, 5.41) is 31.8. The smallest absolute Gasteiger partial charge is 0.234 e. The zero-order valence-electron chi connectivity index (χ0n) is 24.0. The summed E-state index contributed by atoms with van der Waals surface area (Å²) >= 11 is 0. The molecular weight excluding hydrogens is 520 g/mol. The monoisotopic (exact) mass is 562 g/mol. The minimum absolute atomic E-state index is 0.0522. The van der Waals surface area contributed by atoms with Crippen molar-refractivity contribution in [2.75, 3.05) is 6.61 Å². The van der Waals surface area contributed by atoms with Crippen LogP contribution in [0.15, 0.2) is 52.1 Å². The van der Waals surface area contributed by atoms with Gasteiger partial charge in [0.2, 0.25) is 11.8 Å². The summed E-state index contributed by atoms with van der Waals surface area (Å²) in [4.78, 5) is 33.4. The zero-order valence-corrected chi connectivity index (χ0v) is 24.0. The number of fused-ring (bicyclic) bond motifs is 1. The molecule has 41 heavy (non-hydrogen) atoms. The number of nitrogens with zero attached hydrogens (tertiary/aromatic N) is 2. The van der Waals surface area contributed by atoms with Crippen molar-refractivity contribution in [3.05, 3.63) is 64.9 Å². The summed E-state index contributed by atoms with van der Waals surface area (Å²) in [6.45, 7) is 3.61. The minimum Gasteiger partial charge on any atom is -0.459 e. The number of aliphatic hydroxyl groups is 3. The third-order valence-electron chi connectivity index (χ3n) is 9.18. The molecule has 8 heteroatoms. The molecule has 0 unspecified atom stereocenters. The van der Waals surface area contributed by atoms with Crippen LogP contribution >= 0.6 is 0 Å². The Balaban J connectivity index is 1.42. The topological polar surface area (TPSA) is 124 Å². The quantitative estimate of drug-likeness (QED) is 0.282. The fourth-order valence-electron chi connectivity index (χ4n) is 7.17. The highest BCUT2D eigenvalue weighted by molar-refractivity contribution is 6.06. The number of carbonyl (C=O) groups is 2. The fraction of sp³-hybridized carbons (Fsp3) is 0.545. The van der Waals surface area contributed by atoms with Gasteiger partial charge in [-0.1, -0.05) is 44.7 Å². The number of imide groups is 1. The maximum atomic E-state index is 13.8. The second-order valence-corrected chi connectivity index (χ2v) is 12.0. The highest BCUT2D eigenvalue weighted by Gasteiger charge is 2.56. The van der Waals surface area contributed by atoms with Gasteiger partial charge in [-0.25, -0.2) is 0 Å². The predicted molar refractivity (Wildman–Crippen MR) is 155 cm³/mol. The molecule has 0 spiro atoms. The molecule has 5 rings (SSSR count). The number of hydrogen-bond donors (Lipinski definition) is 3. The Bertz CT molecular complexity index is 1290. The van der Waals surface area contributed by atoms with E-state index in [1.807, 2.05) is 38.1 Å². The molecule has 0 aromatic carbocycles. The van der Waals surface area contributed by atoms with Crippen molar-refractivity contribution in [3.63, 3.8) is 0 Å². The van der Waals surface area contributed by atoms with Crippen LogP contribution in [-0.4, -0.2) is 55.8 Å². The molecular formula is C33H42N2O6. The molecule has 3 heterocycles. The highest BCUT2D eigenvalue weighted by Crippen LogP contribution is 2.49. The first-order chi connectivity index (χ1) is 19.8. The average Bonchev–Trinajstić information content (AvgIpc) is 3.56. The van der Waals surface area contributed by atoms with Crippen molar-refractivity contribution in [2.45, 2.75) is 84.0 Å². The van der Waals surface area contributed by atoms with E-state index in [0.29, 0.717) is 30.8 Å². The van der Waals surface area contributed by atoms with E-state index in [1.165, 1.54) is 4.90 Å². The molecule has 2 aromatic rings. The number of carbonyl (C=O) groups excluding carboxylic acids is 2. The molecule has 3 aliphatic rings. The number of furan rings is 1. The first kappa shape index (κ1) is 29.4. The molecule has 2 aliphatic carbocycles. The number of amides is 2. The molecule has 8 nitrogen and oxygen atoms in total. The second-order valence-electron chi connectivity index (χ2n) is 12.0. The van der Waals surface area contributed by atoms with Crippen LogP contribution in [0.3, 0.4) is 0 Å². The van der Waals surface area contributed by atoms with Gasteiger partial charge in [0.05, 0.1) is 30.2 Å². The first-order valence-corrected chi connectivity index (χ1v) is 15.0. The Kier molecular flexibility index (Phi) is 9.22. The molecule has 1 aliphatic heterocycles. The van der Waals surface area contributed by atoms with E-state index in [2.05, 4.69) is 4.98 Å². The van der Waals surface area contributed by atoms with Crippen LogP contribution in [0, 0.1) is 23.7 Å². The summed E-state index contributed by atoms with van der Waals surface area (Å²) in [6.07, 6.45) is 8.81. The Hall–Kier alpha value is -3.07. The van der Waals surface area contributed by atoms with E-state index in [4.69, 9.17) is 4.42 Å². The highest BCUT2D eigenvalue weighted by atomic mass is 16.4. The SMILES string of the molecule is CC(C)C1=C([C@H](O)CC/C(=C/c2ccc(CO)o2)c2ccccn2)[C@H](CO)[C@@H]2C(=O)N(C3CCCCC3)C(=O)[C@@H]2C1. The predicted octanol–water partition coefficient (Wildman–Crippen LogP) is 4.75. The Morgan fingerprint density at radius 2 is 1.88 bits per heavy atom. The van der Waals surface area contributed by atoms with Gasteiger partial charge in [0.1, 0.15) is 18.1 Å². The van der Waals surface area contributed by atoms with E-state index in [9.17, 15) is 24.9 Å². The molecule has 4 atom stereocenters. The number of aromatic nitrogens is 1.